The molecule has 0 aromatic rings. The molecule has 1 aliphatic rings. The molecule has 0 amide bonds. The third-order valence-electron chi connectivity index (χ3n) is 2.51. The zero-order valence-corrected chi connectivity index (χ0v) is 8.05. The molecule has 1 fully saturated rings. The molecule has 1 rings (SSSR count). The predicted octanol–water partition coefficient (Wildman–Crippen LogP) is 1.25. The van der Waals surface area contributed by atoms with Gasteiger partial charge in [-0.1, -0.05) is 6.42 Å². The fourth-order valence-electron chi connectivity index (χ4n) is 1.78. The predicted molar refractivity (Wildman–Crippen MR) is 47.8 cm³/mol. The van der Waals surface area contributed by atoms with Crippen LogP contribution in [0.1, 0.15) is 25.7 Å². The summed E-state index contributed by atoms with van der Waals surface area (Å²) in [6.07, 6.45) is 3.51. The lowest BCUT2D eigenvalue weighted by atomic mass is 9.86. The number of aliphatic hydroxyl groups excluding tert-OH is 1. The van der Waals surface area contributed by atoms with Gasteiger partial charge in [0, 0.05) is 19.1 Å². The summed E-state index contributed by atoms with van der Waals surface area (Å²) in [6.45, 7) is 0. The smallest absolute Gasteiger partial charge is 0.157 e. The Kier molecular flexibility index (Phi) is 4.29. The highest BCUT2D eigenvalue weighted by molar-refractivity contribution is 6.13. The second kappa shape index (κ2) is 5.02. The van der Waals surface area contributed by atoms with E-state index in [0.29, 0.717) is 6.04 Å². The number of halogens is 1. The Morgan fingerprint density at radius 2 is 2.33 bits per heavy atom. The Morgan fingerprint density at radius 3 is 2.92 bits per heavy atom. The van der Waals surface area contributed by atoms with E-state index in [2.05, 4.69) is 4.84 Å². The van der Waals surface area contributed by atoms with Crippen LogP contribution in [0.2, 0.25) is 0 Å². The Bertz CT molecular complexity index is 132. The second-order valence-corrected chi connectivity index (χ2v) is 3.58. The molecular weight excluding hydrogens is 178 g/mol. The normalized spacial score (nSPS) is 33.2. The van der Waals surface area contributed by atoms with Crippen molar-refractivity contribution in [2.24, 2.45) is 5.92 Å². The van der Waals surface area contributed by atoms with E-state index < -0.39 is 6.29 Å². The monoisotopic (exact) mass is 193 g/mol. The van der Waals surface area contributed by atoms with Gasteiger partial charge in [0.25, 0.3) is 0 Å². The fraction of sp³-hybridized carbons (Fsp3) is 1.00. The van der Waals surface area contributed by atoms with Crippen molar-refractivity contribution in [3.8, 4) is 0 Å². The van der Waals surface area contributed by atoms with Gasteiger partial charge in [-0.3, -0.25) is 0 Å². The van der Waals surface area contributed by atoms with E-state index in [1.165, 1.54) is 7.11 Å². The van der Waals surface area contributed by atoms with Crippen molar-refractivity contribution in [3.63, 3.8) is 0 Å². The van der Waals surface area contributed by atoms with Gasteiger partial charge < -0.3 is 9.84 Å². The van der Waals surface area contributed by atoms with E-state index in [4.69, 9.17) is 16.5 Å². The molecule has 0 radical (unpaired) electrons. The summed E-state index contributed by atoms with van der Waals surface area (Å²) < 4.78 is 4.87. The van der Waals surface area contributed by atoms with Crippen molar-refractivity contribution in [3.05, 3.63) is 0 Å². The van der Waals surface area contributed by atoms with Gasteiger partial charge >= 0.3 is 0 Å². The van der Waals surface area contributed by atoms with Crippen LogP contribution in [0.25, 0.3) is 0 Å². The van der Waals surface area contributed by atoms with Crippen LogP contribution in [-0.4, -0.2) is 24.5 Å². The zero-order valence-electron chi connectivity index (χ0n) is 7.29. The first kappa shape index (κ1) is 10.3. The Hall–Kier alpha value is 0.170. The van der Waals surface area contributed by atoms with Gasteiger partial charge in [0.15, 0.2) is 6.29 Å². The van der Waals surface area contributed by atoms with Crippen LogP contribution in [0, 0.1) is 5.92 Å². The van der Waals surface area contributed by atoms with E-state index >= 15 is 0 Å². The highest BCUT2D eigenvalue weighted by atomic mass is 35.5. The van der Waals surface area contributed by atoms with Gasteiger partial charge in [0.2, 0.25) is 0 Å². The Labute approximate surface area is 78.2 Å². The fourth-order valence-corrected chi connectivity index (χ4v) is 1.98. The molecule has 12 heavy (non-hydrogen) atoms. The van der Waals surface area contributed by atoms with Crippen molar-refractivity contribution in [1.29, 1.82) is 0 Å². The second-order valence-electron chi connectivity index (χ2n) is 3.36. The van der Waals surface area contributed by atoms with E-state index in [9.17, 15) is 5.11 Å². The van der Waals surface area contributed by atoms with Crippen LogP contribution < -0.4 is 4.84 Å². The molecular formula is C8H16ClNO2. The first-order chi connectivity index (χ1) is 5.77. The van der Waals surface area contributed by atoms with E-state index in [-0.39, 0.29) is 5.92 Å². The van der Waals surface area contributed by atoms with Crippen molar-refractivity contribution in [2.75, 3.05) is 7.11 Å². The summed E-state index contributed by atoms with van der Waals surface area (Å²) in [5.74, 6) is 0.236. The minimum absolute atomic E-state index is 0.236. The van der Waals surface area contributed by atoms with E-state index in [1.807, 2.05) is 0 Å². The zero-order chi connectivity index (χ0) is 8.97. The average molecular weight is 194 g/mol. The van der Waals surface area contributed by atoms with Gasteiger partial charge in [-0.05, 0) is 31.0 Å². The molecule has 3 nitrogen and oxygen atoms in total. The lowest BCUT2D eigenvalue weighted by Crippen LogP contribution is -2.34. The standard InChI is InChI=1S/C8H16ClNO2/c1-12-8(11)6-3-2-4-7(5-6)10-9/h6-8,10-11H,2-5H2,1H3/t6-,7+,8?/m0/s1. The first-order valence-electron chi connectivity index (χ1n) is 4.35. The number of nitrogens with one attached hydrogen (secondary N) is 1. The number of rotatable bonds is 3. The molecule has 1 saturated carbocycles. The van der Waals surface area contributed by atoms with Crippen molar-refractivity contribution in [1.82, 2.24) is 4.84 Å². The van der Waals surface area contributed by atoms with Crippen LogP contribution in [0.5, 0.6) is 0 Å². The molecule has 0 bridgehead atoms. The Balaban J connectivity index is 2.34. The number of aliphatic hydroxyl groups is 1. The van der Waals surface area contributed by atoms with Gasteiger partial charge in [-0.2, -0.15) is 0 Å². The third kappa shape index (κ3) is 2.59. The molecule has 0 spiro atoms. The van der Waals surface area contributed by atoms with Crippen LogP contribution >= 0.6 is 11.8 Å². The summed E-state index contributed by atoms with van der Waals surface area (Å²) in [4.78, 5) is 2.72. The highest BCUT2D eigenvalue weighted by Crippen LogP contribution is 2.27. The van der Waals surface area contributed by atoms with Crippen LogP contribution in [0.3, 0.4) is 0 Å². The molecule has 0 heterocycles. The maximum absolute atomic E-state index is 9.40. The van der Waals surface area contributed by atoms with Gasteiger partial charge in [0.05, 0.1) is 0 Å². The maximum atomic E-state index is 9.40. The van der Waals surface area contributed by atoms with Crippen molar-refractivity contribution >= 4 is 11.8 Å². The summed E-state index contributed by atoms with van der Waals surface area (Å²) in [5.41, 5.74) is 0. The number of hydrogen-bond acceptors (Lipinski definition) is 3. The SMILES string of the molecule is COC(O)[C@H]1CCC[C@@H](NCl)C1. The van der Waals surface area contributed by atoms with Crippen molar-refractivity contribution in [2.45, 2.75) is 38.0 Å². The first-order valence-corrected chi connectivity index (χ1v) is 4.72. The summed E-state index contributed by atoms with van der Waals surface area (Å²) in [7, 11) is 1.53. The van der Waals surface area contributed by atoms with Gasteiger partial charge in [-0.15, -0.1) is 0 Å². The third-order valence-corrected chi connectivity index (χ3v) is 2.82. The average Bonchev–Trinajstić information content (AvgIpc) is 2.17. The largest absolute Gasteiger partial charge is 0.368 e. The molecule has 72 valence electrons. The molecule has 1 aliphatic carbocycles. The summed E-state index contributed by atoms with van der Waals surface area (Å²) in [5, 5.41) is 9.40. The molecule has 0 aromatic carbocycles. The molecule has 0 saturated heterocycles. The number of ether oxygens (including phenoxy) is 1. The summed E-state index contributed by atoms with van der Waals surface area (Å²) in [6, 6.07) is 0.329. The molecule has 0 aromatic heterocycles. The number of hydrogen-bond donors (Lipinski definition) is 2. The minimum Gasteiger partial charge on any atom is -0.368 e. The van der Waals surface area contributed by atoms with Crippen LogP contribution in [0.15, 0.2) is 0 Å². The van der Waals surface area contributed by atoms with Gasteiger partial charge in [0.1, 0.15) is 0 Å². The molecule has 4 heteroatoms. The molecule has 0 aliphatic heterocycles. The Morgan fingerprint density at radius 1 is 1.58 bits per heavy atom. The number of methoxy groups -OCH3 is 1. The van der Waals surface area contributed by atoms with E-state index in [0.717, 1.165) is 25.7 Å². The lowest BCUT2D eigenvalue weighted by molar-refractivity contribution is -0.121. The molecule has 1 unspecified atom stereocenters. The maximum Gasteiger partial charge on any atom is 0.157 e. The van der Waals surface area contributed by atoms with E-state index in [1.54, 1.807) is 0 Å². The quantitative estimate of drug-likeness (QED) is 0.524. The molecule has 2 N–H and O–H groups in total. The summed E-state index contributed by atoms with van der Waals surface area (Å²) >= 11 is 5.52. The molecule has 3 atom stereocenters. The lowest BCUT2D eigenvalue weighted by Gasteiger charge is -2.30. The van der Waals surface area contributed by atoms with Crippen LogP contribution in [0.4, 0.5) is 0 Å². The van der Waals surface area contributed by atoms with Crippen molar-refractivity contribution < 1.29 is 9.84 Å². The minimum atomic E-state index is -0.627. The van der Waals surface area contributed by atoms with Crippen LogP contribution in [-0.2, 0) is 4.74 Å². The highest BCUT2D eigenvalue weighted by Gasteiger charge is 2.26. The topological polar surface area (TPSA) is 41.5 Å². The van der Waals surface area contributed by atoms with Gasteiger partial charge in [-0.25, -0.2) is 4.84 Å².